The molecule has 3 N–H and O–H groups in total. The lowest BCUT2D eigenvalue weighted by Gasteiger charge is -2.27. The molecule has 1 unspecified atom stereocenters. The molecule has 1 amide bonds. The molecule has 166 valence electrons. The first-order valence-electron chi connectivity index (χ1n) is 9.90. The molecule has 30 heavy (non-hydrogen) atoms. The van der Waals surface area contributed by atoms with Crippen molar-refractivity contribution in [3.8, 4) is 0 Å². The van der Waals surface area contributed by atoms with E-state index >= 15 is 0 Å². The van der Waals surface area contributed by atoms with Crippen molar-refractivity contribution in [3.63, 3.8) is 0 Å². The average Bonchev–Trinajstić information content (AvgIpc) is 3.17. The van der Waals surface area contributed by atoms with Crippen LogP contribution in [0, 0.1) is 5.92 Å². The van der Waals surface area contributed by atoms with Gasteiger partial charge >= 0.3 is 11.9 Å². The Morgan fingerprint density at radius 3 is 2.33 bits per heavy atom. The van der Waals surface area contributed by atoms with Crippen molar-refractivity contribution in [2.24, 2.45) is 5.92 Å². The second kappa shape index (κ2) is 11.1. The first-order valence-corrected chi connectivity index (χ1v) is 9.90. The fourth-order valence-corrected chi connectivity index (χ4v) is 3.88. The molecule has 1 fully saturated rings. The lowest BCUT2D eigenvalue weighted by molar-refractivity contribution is -0.149. The van der Waals surface area contributed by atoms with E-state index in [0.717, 1.165) is 5.56 Å². The number of hydrogen-bond acceptors (Lipinski definition) is 6. The number of methoxy groups -OCH3 is 2. The lowest BCUT2D eigenvalue weighted by atomic mass is 10.0. The third kappa shape index (κ3) is 6.01. The zero-order chi connectivity index (χ0) is 22.3. The van der Waals surface area contributed by atoms with E-state index in [1.54, 1.807) is 6.92 Å². The van der Waals surface area contributed by atoms with Crippen LogP contribution in [0.1, 0.15) is 25.3 Å². The molecule has 2 rings (SSSR count). The number of amides is 1. The van der Waals surface area contributed by atoms with Crippen LogP contribution in [0.3, 0.4) is 0 Å². The van der Waals surface area contributed by atoms with Gasteiger partial charge in [-0.15, -0.1) is 0 Å². The highest BCUT2D eigenvalue weighted by molar-refractivity contribution is 5.88. The molecular weight excluding hydrogens is 392 g/mol. The molecule has 1 saturated heterocycles. The second-order valence-electron chi connectivity index (χ2n) is 7.48. The van der Waals surface area contributed by atoms with Crippen molar-refractivity contribution in [2.75, 3.05) is 20.8 Å². The Morgan fingerprint density at radius 1 is 1.17 bits per heavy atom. The monoisotopic (exact) mass is 422 g/mol. The number of carbonyl (C=O) groups is 3. The molecule has 9 heteroatoms. The SMILES string of the molecule is COC(OC)[C@H]1C[C@@H](C(=O)O)N(C(=O)[C@H](C)NC(CCc2ccccc2)C(=O)O)C1. The highest BCUT2D eigenvalue weighted by Gasteiger charge is 2.44. The van der Waals surface area contributed by atoms with Gasteiger partial charge in [-0.3, -0.25) is 14.9 Å². The highest BCUT2D eigenvalue weighted by Crippen LogP contribution is 2.28. The van der Waals surface area contributed by atoms with E-state index in [4.69, 9.17) is 9.47 Å². The van der Waals surface area contributed by atoms with Crippen LogP contribution in [0.5, 0.6) is 0 Å². The minimum atomic E-state index is -1.11. The quantitative estimate of drug-likeness (QED) is 0.451. The fourth-order valence-electron chi connectivity index (χ4n) is 3.88. The molecule has 1 aromatic rings. The summed E-state index contributed by atoms with van der Waals surface area (Å²) in [4.78, 5) is 37.6. The maximum absolute atomic E-state index is 13.0. The van der Waals surface area contributed by atoms with Crippen LogP contribution < -0.4 is 5.32 Å². The van der Waals surface area contributed by atoms with Crippen LogP contribution in [-0.4, -0.2) is 78.1 Å². The number of hydrogen-bond donors (Lipinski definition) is 3. The molecule has 1 aliphatic rings. The number of aliphatic carboxylic acids is 2. The van der Waals surface area contributed by atoms with Gasteiger partial charge < -0.3 is 24.6 Å². The molecule has 0 saturated carbocycles. The van der Waals surface area contributed by atoms with Gasteiger partial charge in [0.1, 0.15) is 12.1 Å². The fraction of sp³-hybridized carbons (Fsp3) is 0.571. The number of nitrogens with zero attached hydrogens (tertiary/aromatic N) is 1. The number of likely N-dealkylation sites (tertiary alicyclic amines) is 1. The van der Waals surface area contributed by atoms with Gasteiger partial charge in [-0.1, -0.05) is 30.3 Å². The van der Waals surface area contributed by atoms with Gasteiger partial charge in [0.15, 0.2) is 6.29 Å². The van der Waals surface area contributed by atoms with E-state index in [1.807, 2.05) is 30.3 Å². The molecule has 0 bridgehead atoms. The first kappa shape index (κ1) is 23.8. The van der Waals surface area contributed by atoms with Gasteiger partial charge in [0, 0.05) is 26.7 Å². The summed E-state index contributed by atoms with van der Waals surface area (Å²) in [7, 11) is 2.92. The summed E-state index contributed by atoms with van der Waals surface area (Å²) < 4.78 is 10.4. The third-order valence-electron chi connectivity index (χ3n) is 5.44. The molecular formula is C21H30N2O7. The van der Waals surface area contributed by atoms with E-state index in [1.165, 1.54) is 19.1 Å². The largest absolute Gasteiger partial charge is 0.480 e. The van der Waals surface area contributed by atoms with Crippen molar-refractivity contribution in [1.82, 2.24) is 10.2 Å². The maximum atomic E-state index is 13.0. The first-order chi connectivity index (χ1) is 14.3. The van der Waals surface area contributed by atoms with E-state index in [0.29, 0.717) is 12.8 Å². The van der Waals surface area contributed by atoms with E-state index in [9.17, 15) is 24.6 Å². The smallest absolute Gasteiger partial charge is 0.326 e. The maximum Gasteiger partial charge on any atom is 0.326 e. The van der Waals surface area contributed by atoms with Crippen LogP contribution >= 0.6 is 0 Å². The molecule has 9 nitrogen and oxygen atoms in total. The zero-order valence-corrected chi connectivity index (χ0v) is 17.5. The molecule has 0 spiro atoms. The lowest BCUT2D eigenvalue weighted by Crippen LogP contribution is -2.53. The topological polar surface area (TPSA) is 125 Å². The van der Waals surface area contributed by atoms with E-state index < -0.39 is 42.3 Å². The number of carbonyl (C=O) groups excluding carboxylic acids is 1. The highest BCUT2D eigenvalue weighted by atomic mass is 16.7. The third-order valence-corrected chi connectivity index (χ3v) is 5.44. The standard InChI is InChI=1S/C21H30N2O7/c1-13(22-16(19(25)26)10-9-14-7-5-4-6-8-14)18(24)23-12-15(21(29-2)30-3)11-17(23)20(27)28/h4-8,13,15-17,21-22H,9-12H2,1-3H3,(H,25,26)(H,27,28)/t13-,15-,16?,17-/m0/s1. The Kier molecular flexibility index (Phi) is 8.76. The Balaban J connectivity index is 2.03. The predicted octanol–water partition coefficient (Wildman–Crippen LogP) is 0.971. The van der Waals surface area contributed by atoms with Crippen LogP contribution in [0.15, 0.2) is 30.3 Å². The molecule has 1 heterocycles. The summed E-state index contributed by atoms with van der Waals surface area (Å²) in [5.74, 6) is -2.91. The molecule has 1 aliphatic heterocycles. The normalized spacial score (nSPS) is 20.9. The van der Waals surface area contributed by atoms with Crippen LogP contribution in [0.4, 0.5) is 0 Å². The van der Waals surface area contributed by atoms with E-state index in [2.05, 4.69) is 5.32 Å². The van der Waals surface area contributed by atoms with E-state index in [-0.39, 0.29) is 18.9 Å². The van der Waals surface area contributed by atoms with Crippen molar-refractivity contribution in [1.29, 1.82) is 0 Å². The van der Waals surface area contributed by atoms with Crippen LogP contribution in [-0.2, 0) is 30.3 Å². The minimum Gasteiger partial charge on any atom is -0.480 e. The van der Waals surface area contributed by atoms with Crippen molar-refractivity contribution >= 4 is 17.8 Å². The molecule has 4 atom stereocenters. The molecule has 1 aromatic carbocycles. The van der Waals surface area contributed by atoms with Crippen molar-refractivity contribution in [3.05, 3.63) is 35.9 Å². The van der Waals surface area contributed by atoms with Gasteiger partial charge in [0.25, 0.3) is 0 Å². The van der Waals surface area contributed by atoms with Crippen molar-refractivity contribution in [2.45, 2.75) is 50.6 Å². The summed E-state index contributed by atoms with van der Waals surface area (Å²) in [6, 6.07) is 6.68. The number of benzene rings is 1. The second-order valence-corrected chi connectivity index (χ2v) is 7.48. The van der Waals surface area contributed by atoms with Crippen LogP contribution in [0.25, 0.3) is 0 Å². The number of rotatable bonds is 11. The number of nitrogens with one attached hydrogen (secondary N) is 1. The van der Waals surface area contributed by atoms with Gasteiger partial charge in [-0.05, 0) is 31.7 Å². The van der Waals surface area contributed by atoms with Crippen molar-refractivity contribution < 1.29 is 34.1 Å². The summed E-state index contributed by atoms with van der Waals surface area (Å²) in [5, 5.41) is 21.9. The molecule has 0 radical (unpaired) electrons. The van der Waals surface area contributed by atoms with Gasteiger partial charge in [0.05, 0.1) is 6.04 Å². The molecule has 0 aliphatic carbocycles. The summed E-state index contributed by atoms with van der Waals surface area (Å²) >= 11 is 0. The molecule has 0 aromatic heterocycles. The van der Waals surface area contributed by atoms with Gasteiger partial charge in [-0.2, -0.15) is 0 Å². The van der Waals surface area contributed by atoms with Crippen LogP contribution in [0.2, 0.25) is 0 Å². The Labute approximate surface area is 176 Å². The number of carboxylic acid groups (broad SMARTS) is 2. The Bertz CT molecular complexity index is 723. The predicted molar refractivity (Wildman–Crippen MR) is 108 cm³/mol. The average molecular weight is 422 g/mol. The number of ether oxygens (including phenoxy) is 2. The van der Waals surface area contributed by atoms with Gasteiger partial charge in [0.2, 0.25) is 5.91 Å². The number of carboxylic acids is 2. The minimum absolute atomic E-state index is 0.163. The summed E-state index contributed by atoms with van der Waals surface area (Å²) in [6.45, 7) is 1.72. The zero-order valence-electron chi connectivity index (χ0n) is 17.5. The summed E-state index contributed by atoms with van der Waals surface area (Å²) in [5.41, 5.74) is 1.00. The Hall–Kier alpha value is -2.49. The summed E-state index contributed by atoms with van der Waals surface area (Å²) in [6.07, 6.45) is 0.428. The van der Waals surface area contributed by atoms with Gasteiger partial charge in [-0.25, -0.2) is 4.79 Å². The Morgan fingerprint density at radius 2 is 1.80 bits per heavy atom. The number of aryl methyl sites for hydroxylation is 1.